The summed E-state index contributed by atoms with van der Waals surface area (Å²) in [6, 6.07) is 18.6. The first-order chi connectivity index (χ1) is 17.9. The van der Waals surface area contributed by atoms with Gasteiger partial charge in [0.05, 0.1) is 35.8 Å². The van der Waals surface area contributed by atoms with Crippen LogP contribution in [-0.4, -0.2) is 47.1 Å². The molecule has 1 aromatic heterocycles. The summed E-state index contributed by atoms with van der Waals surface area (Å²) in [5, 5.41) is 16.5. The lowest BCUT2D eigenvalue weighted by atomic mass is 10.1. The van der Waals surface area contributed by atoms with Gasteiger partial charge in [-0.25, -0.2) is 9.78 Å². The Morgan fingerprint density at radius 2 is 1.84 bits per heavy atom. The van der Waals surface area contributed by atoms with E-state index >= 15 is 0 Å². The zero-order chi connectivity index (χ0) is 26.4. The summed E-state index contributed by atoms with van der Waals surface area (Å²) in [6.45, 7) is 1.34. The van der Waals surface area contributed by atoms with Gasteiger partial charge >= 0.3 is 11.7 Å². The number of nitro groups is 1. The Bertz CT molecular complexity index is 1550. The third kappa shape index (κ3) is 5.45. The smallest absolute Gasteiger partial charge is 0.343 e. The number of para-hydroxylation sites is 1. The molecule has 0 spiro atoms. The molecule has 0 aliphatic carbocycles. The standard InChI is InChI=1S/C26H22N4O7/c1-3-36-22-14-17(13-21(30(33)34)24(22)37-16-23(31)35-2)15-27-29-25(18-9-5-4-6-10-18)28-20-12-8-7-11-19(20)26(29)32/h4-15H,3,16H2,1-2H3. The molecule has 0 aliphatic rings. The van der Waals surface area contributed by atoms with Gasteiger partial charge in [-0.3, -0.25) is 14.9 Å². The van der Waals surface area contributed by atoms with E-state index in [0.717, 1.165) is 4.68 Å². The molecule has 0 bridgehead atoms. The lowest BCUT2D eigenvalue weighted by molar-refractivity contribution is -0.385. The number of carbonyl (C=O) groups is 1. The van der Waals surface area contributed by atoms with Gasteiger partial charge in [-0.2, -0.15) is 9.78 Å². The summed E-state index contributed by atoms with van der Waals surface area (Å²) < 4.78 is 16.6. The van der Waals surface area contributed by atoms with Gasteiger partial charge in [0.1, 0.15) is 0 Å². The predicted octanol–water partition coefficient (Wildman–Crippen LogP) is 3.80. The van der Waals surface area contributed by atoms with Crippen molar-refractivity contribution in [3.63, 3.8) is 0 Å². The molecule has 0 aliphatic heterocycles. The Hall–Kier alpha value is -5.06. The van der Waals surface area contributed by atoms with E-state index in [1.165, 1.54) is 25.5 Å². The second-order valence-corrected chi connectivity index (χ2v) is 7.60. The third-order valence-corrected chi connectivity index (χ3v) is 5.22. The first-order valence-electron chi connectivity index (χ1n) is 11.2. The van der Waals surface area contributed by atoms with Gasteiger partial charge in [0.15, 0.2) is 18.2 Å². The number of hydrogen-bond donors (Lipinski definition) is 0. The fourth-order valence-corrected chi connectivity index (χ4v) is 3.55. The van der Waals surface area contributed by atoms with Crippen LogP contribution in [0.1, 0.15) is 12.5 Å². The molecule has 188 valence electrons. The van der Waals surface area contributed by atoms with E-state index in [2.05, 4.69) is 14.8 Å². The van der Waals surface area contributed by atoms with Crippen LogP contribution in [0, 0.1) is 10.1 Å². The Morgan fingerprint density at radius 1 is 1.11 bits per heavy atom. The molecule has 0 unspecified atom stereocenters. The van der Waals surface area contributed by atoms with E-state index in [1.54, 1.807) is 43.3 Å². The molecule has 0 radical (unpaired) electrons. The van der Waals surface area contributed by atoms with Crippen molar-refractivity contribution >= 4 is 28.8 Å². The van der Waals surface area contributed by atoms with E-state index in [1.807, 2.05) is 18.2 Å². The van der Waals surface area contributed by atoms with Gasteiger partial charge in [-0.1, -0.05) is 42.5 Å². The SMILES string of the molecule is CCOc1cc(C=Nn2c(-c3ccccc3)nc3ccccc3c2=O)cc([N+](=O)[O-])c1OCC(=O)OC. The van der Waals surface area contributed by atoms with Crippen molar-refractivity contribution in [2.75, 3.05) is 20.3 Å². The summed E-state index contributed by atoms with van der Waals surface area (Å²) in [5.74, 6) is -0.588. The number of benzene rings is 3. The second-order valence-electron chi connectivity index (χ2n) is 7.60. The normalized spacial score (nSPS) is 11.0. The highest BCUT2D eigenvalue weighted by Crippen LogP contribution is 2.38. The number of rotatable bonds is 9. The number of methoxy groups -OCH3 is 1. The first-order valence-corrected chi connectivity index (χ1v) is 11.2. The van der Waals surface area contributed by atoms with Gasteiger partial charge in [0.25, 0.3) is 5.56 Å². The second kappa shape index (κ2) is 11.1. The molecule has 11 heteroatoms. The molecule has 0 fully saturated rings. The van der Waals surface area contributed by atoms with Gasteiger partial charge in [-0.15, -0.1) is 0 Å². The van der Waals surface area contributed by atoms with Crippen LogP contribution in [0.4, 0.5) is 5.69 Å². The number of aromatic nitrogens is 2. The highest BCUT2D eigenvalue weighted by Gasteiger charge is 2.23. The minimum Gasteiger partial charge on any atom is -0.490 e. The summed E-state index contributed by atoms with van der Waals surface area (Å²) in [6.07, 6.45) is 1.30. The Balaban J connectivity index is 1.84. The van der Waals surface area contributed by atoms with Crippen molar-refractivity contribution in [2.45, 2.75) is 6.92 Å². The molecule has 1 heterocycles. The first kappa shape index (κ1) is 25.0. The maximum absolute atomic E-state index is 13.3. The summed E-state index contributed by atoms with van der Waals surface area (Å²) >= 11 is 0. The van der Waals surface area contributed by atoms with Gasteiger partial charge in [0, 0.05) is 17.2 Å². The lowest BCUT2D eigenvalue weighted by Crippen LogP contribution is -2.20. The molecule has 4 rings (SSSR count). The monoisotopic (exact) mass is 502 g/mol. The average molecular weight is 502 g/mol. The maximum atomic E-state index is 13.3. The molecule has 0 saturated heterocycles. The van der Waals surface area contributed by atoms with E-state index in [-0.39, 0.29) is 23.7 Å². The highest BCUT2D eigenvalue weighted by molar-refractivity contribution is 5.84. The van der Waals surface area contributed by atoms with Crippen molar-refractivity contribution < 1.29 is 23.9 Å². The van der Waals surface area contributed by atoms with Crippen LogP contribution < -0.4 is 15.0 Å². The van der Waals surface area contributed by atoms with Crippen molar-refractivity contribution in [1.82, 2.24) is 9.66 Å². The molecule has 0 saturated carbocycles. The van der Waals surface area contributed by atoms with Crippen LogP contribution in [0.3, 0.4) is 0 Å². The number of hydrogen-bond acceptors (Lipinski definition) is 9. The molecule has 0 N–H and O–H groups in total. The van der Waals surface area contributed by atoms with E-state index in [9.17, 15) is 19.7 Å². The van der Waals surface area contributed by atoms with Crippen molar-refractivity contribution in [3.05, 3.63) is 92.8 Å². The van der Waals surface area contributed by atoms with Crippen LogP contribution >= 0.6 is 0 Å². The Labute approximate surface area is 210 Å². The van der Waals surface area contributed by atoms with Crippen molar-refractivity contribution in [1.29, 1.82) is 0 Å². The quantitative estimate of drug-likeness (QED) is 0.146. The number of esters is 1. The zero-order valence-electron chi connectivity index (χ0n) is 20.0. The van der Waals surface area contributed by atoms with Crippen LogP contribution in [-0.2, 0) is 9.53 Å². The van der Waals surface area contributed by atoms with Crippen LogP contribution in [0.15, 0.2) is 76.6 Å². The third-order valence-electron chi connectivity index (χ3n) is 5.22. The Kier molecular flexibility index (Phi) is 7.53. The zero-order valence-corrected chi connectivity index (χ0v) is 20.0. The van der Waals surface area contributed by atoms with Crippen LogP contribution in [0.25, 0.3) is 22.3 Å². The number of ether oxygens (including phenoxy) is 3. The van der Waals surface area contributed by atoms with Gasteiger partial charge in [0.2, 0.25) is 5.75 Å². The molecule has 11 nitrogen and oxygen atoms in total. The topological polar surface area (TPSA) is 135 Å². The molecule has 0 amide bonds. The largest absolute Gasteiger partial charge is 0.490 e. The van der Waals surface area contributed by atoms with Crippen LogP contribution in [0.5, 0.6) is 11.5 Å². The van der Waals surface area contributed by atoms with Gasteiger partial charge < -0.3 is 14.2 Å². The van der Waals surface area contributed by atoms with Gasteiger partial charge in [-0.05, 0) is 25.1 Å². The number of carbonyl (C=O) groups excluding carboxylic acids is 1. The van der Waals surface area contributed by atoms with Crippen molar-refractivity contribution in [3.8, 4) is 22.9 Å². The maximum Gasteiger partial charge on any atom is 0.343 e. The predicted molar refractivity (Wildman–Crippen MR) is 136 cm³/mol. The van der Waals surface area contributed by atoms with E-state index in [0.29, 0.717) is 22.3 Å². The summed E-state index contributed by atoms with van der Waals surface area (Å²) in [5.41, 5.74) is 0.593. The summed E-state index contributed by atoms with van der Waals surface area (Å²) in [4.78, 5) is 40.6. The molecule has 3 aromatic carbocycles. The molecule has 4 aromatic rings. The molecule has 37 heavy (non-hydrogen) atoms. The highest BCUT2D eigenvalue weighted by atomic mass is 16.6. The fourth-order valence-electron chi connectivity index (χ4n) is 3.55. The fraction of sp³-hybridized carbons (Fsp3) is 0.154. The minimum absolute atomic E-state index is 0.0364. The van der Waals surface area contributed by atoms with Crippen LogP contribution in [0.2, 0.25) is 0 Å². The number of fused-ring (bicyclic) bond motifs is 1. The molecular formula is C26H22N4O7. The summed E-state index contributed by atoms with van der Waals surface area (Å²) in [7, 11) is 1.18. The Morgan fingerprint density at radius 3 is 2.54 bits per heavy atom. The molecular weight excluding hydrogens is 480 g/mol. The van der Waals surface area contributed by atoms with Crippen molar-refractivity contribution in [2.24, 2.45) is 5.10 Å². The average Bonchev–Trinajstić information content (AvgIpc) is 2.92. The van der Waals surface area contributed by atoms with E-state index in [4.69, 9.17) is 9.47 Å². The number of nitro benzene ring substituents is 1. The lowest BCUT2D eigenvalue weighted by Gasteiger charge is -2.12. The van der Waals surface area contributed by atoms with E-state index < -0.39 is 28.7 Å². The molecule has 0 atom stereocenters. The number of nitrogens with zero attached hydrogens (tertiary/aromatic N) is 4. The minimum atomic E-state index is -0.709.